The van der Waals surface area contributed by atoms with Crippen LogP contribution in [0.25, 0.3) is 0 Å². The van der Waals surface area contributed by atoms with E-state index in [1.54, 1.807) is 42.5 Å². The summed E-state index contributed by atoms with van der Waals surface area (Å²) in [6.07, 6.45) is 2.63. The van der Waals surface area contributed by atoms with E-state index in [1.807, 2.05) is 0 Å². The van der Waals surface area contributed by atoms with Crippen molar-refractivity contribution >= 4 is 9.84 Å². The van der Waals surface area contributed by atoms with Crippen molar-refractivity contribution < 1.29 is 13.2 Å². The van der Waals surface area contributed by atoms with Crippen molar-refractivity contribution in [2.24, 2.45) is 0 Å². The molecule has 3 aromatic rings. The Kier molecular flexibility index (Phi) is 3.80. The first-order chi connectivity index (χ1) is 10.7. The summed E-state index contributed by atoms with van der Waals surface area (Å²) in [5.41, 5.74) is 0. The SMILES string of the molecule is O=S(=O)(c1ccccc1)c1ccc(Oc2ncncn2)cc1. The van der Waals surface area contributed by atoms with Gasteiger partial charge in [-0.1, -0.05) is 18.2 Å². The van der Waals surface area contributed by atoms with Crippen molar-refractivity contribution in [2.75, 3.05) is 0 Å². The summed E-state index contributed by atoms with van der Waals surface area (Å²) in [6, 6.07) is 14.5. The molecule has 0 aliphatic rings. The highest BCUT2D eigenvalue weighted by Gasteiger charge is 2.17. The van der Waals surface area contributed by atoms with Crippen molar-refractivity contribution in [1.29, 1.82) is 0 Å². The first kappa shape index (κ1) is 14.2. The predicted octanol–water partition coefficient (Wildman–Crippen LogP) is 2.50. The van der Waals surface area contributed by atoms with Gasteiger partial charge in [-0.15, -0.1) is 0 Å². The van der Waals surface area contributed by atoms with Gasteiger partial charge >= 0.3 is 6.01 Å². The van der Waals surface area contributed by atoms with Crippen LogP contribution in [0.2, 0.25) is 0 Å². The molecule has 0 aliphatic carbocycles. The molecule has 1 heterocycles. The molecule has 0 bridgehead atoms. The van der Waals surface area contributed by atoms with Crippen molar-refractivity contribution in [1.82, 2.24) is 15.0 Å². The zero-order valence-electron chi connectivity index (χ0n) is 11.3. The smallest absolute Gasteiger partial charge is 0.324 e. The number of hydrogen-bond donors (Lipinski definition) is 0. The highest BCUT2D eigenvalue weighted by Crippen LogP contribution is 2.24. The average molecular weight is 313 g/mol. The van der Waals surface area contributed by atoms with E-state index in [2.05, 4.69) is 15.0 Å². The van der Waals surface area contributed by atoms with Crippen LogP contribution in [0, 0.1) is 0 Å². The lowest BCUT2D eigenvalue weighted by Crippen LogP contribution is -2.01. The number of hydrogen-bond acceptors (Lipinski definition) is 6. The van der Waals surface area contributed by atoms with Crippen LogP contribution in [-0.2, 0) is 9.84 Å². The van der Waals surface area contributed by atoms with Crippen LogP contribution in [0.3, 0.4) is 0 Å². The van der Waals surface area contributed by atoms with Gasteiger partial charge in [0.05, 0.1) is 9.79 Å². The predicted molar refractivity (Wildman–Crippen MR) is 78.2 cm³/mol. The van der Waals surface area contributed by atoms with Gasteiger partial charge in [-0.25, -0.2) is 13.4 Å². The molecule has 3 rings (SSSR count). The molecule has 7 heteroatoms. The summed E-state index contributed by atoms with van der Waals surface area (Å²) in [5.74, 6) is 0.443. The molecule has 0 aliphatic heterocycles. The third-order valence-corrected chi connectivity index (χ3v) is 4.65. The van der Waals surface area contributed by atoms with Gasteiger partial charge in [0.2, 0.25) is 9.84 Å². The maximum Gasteiger partial charge on any atom is 0.324 e. The molecule has 0 fully saturated rings. The van der Waals surface area contributed by atoms with E-state index in [4.69, 9.17) is 4.74 Å². The van der Waals surface area contributed by atoms with Gasteiger partial charge in [0.25, 0.3) is 0 Å². The van der Waals surface area contributed by atoms with Crippen LogP contribution >= 0.6 is 0 Å². The zero-order valence-corrected chi connectivity index (χ0v) is 12.1. The summed E-state index contributed by atoms with van der Waals surface area (Å²) < 4.78 is 30.3. The van der Waals surface area contributed by atoms with Crippen LogP contribution in [0.4, 0.5) is 0 Å². The lowest BCUT2D eigenvalue weighted by molar-refractivity contribution is 0.439. The normalized spacial score (nSPS) is 11.1. The van der Waals surface area contributed by atoms with Crippen LogP contribution in [0.1, 0.15) is 0 Å². The third-order valence-electron chi connectivity index (χ3n) is 2.87. The monoisotopic (exact) mass is 313 g/mol. The molecule has 0 atom stereocenters. The second-order valence-electron chi connectivity index (χ2n) is 4.31. The number of aromatic nitrogens is 3. The number of sulfone groups is 1. The van der Waals surface area contributed by atoms with Gasteiger partial charge in [-0.3, -0.25) is 0 Å². The van der Waals surface area contributed by atoms with Crippen LogP contribution in [0.15, 0.2) is 77.0 Å². The fraction of sp³-hybridized carbons (Fsp3) is 0. The zero-order chi connectivity index (χ0) is 15.4. The molecule has 0 saturated heterocycles. The highest BCUT2D eigenvalue weighted by molar-refractivity contribution is 7.91. The van der Waals surface area contributed by atoms with Gasteiger partial charge in [0, 0.05) is 0 Å². The summed E-state index contributed by atoms with van der Waals surface area (Å²) >= 11 is 0. The minimum absolute atomic E-state index is 0.147. The van der Waals surface area contributed by atoms with Crippen molar-refractivity contribution in [2.45, 2.75) is 9.79 Å². The second kappa shape index (κ2) is 5.90. The molecular weight excluding hydrogens is 302 g/mol. The fourth-order valence-electron chi connectivity index (χ4n) is 1.81. The highest BCUT2D eigenvalue weighted by atomic mass is 32.2. The molecule has 1 aromatic heterocycles. The third kappa shape index (κ3) is 2.94. The lowest BCUT2D eigenvalue weighted by Gasteiger charge is -2.06. The van der Waals surface area contributed by atoms with E-state index in [1.165, 1.54) is 24.8 Å². The molecule has 22 heavy (non-hydrogen) atoms. The average Bonchev–Trinajstić information content (AvgIpc) is 2.57. The van der Waals surface area contributed by atoms with Gasteiger partial charge in [-0.2, -0.15) is 9.97 Å². The van der Waals surface area contributed by atoms with E-state index >= 15 is 0 Å². The number of benzene rings is 2. The van der Waals surface area contributed by atoms with Crippen LogP contribution in [0.5, 0.6) is 11.8 Å². The Morgan fingerprint density at radius 1 is 0.773 bits per heavy atom. The first-order valence-electron chi connectivity index (χ1n) is 6.36. The van der Waals surface area contributed by atoms with Gasteiger partial charge < -0.3 is 4.74 Å². The van der Waals surface area contributed by atoms with Gasteiger partial charge in [0.1, 0.15) is 18.4 Å². The number of nitrogens with zero attached hydrogens (tertiary/aromatic N) is 3. The summed E-state index contributed by atoms with van der Waals surface area (Å²) in [5, 5.41) is 0. The Morgan fingerprint density at radius 3 is 2.00 bits per heavy atom. The lowest BCUT2D eigenvalue weighted by atomic mass is 10.3. The van der Waals surface area contributed by atoms with Gasteiger partial charge in [-0.05, 0) is 36.4 Å². The Bertz CT molecular complexity index is 852. The van der Waals surface area contributed by atoms with Crippen molar-refractivity contribution in [3.05, 3.63) is 67.3 Å². The first-order valence-corrected chi connectivity index (χ1v) is 7.85. The van der Waals surface area contributed by atoms with E-state index in [0.717, 1.165) is 0 Å². The van der Waals surface area contributed by atoms with Crippen molar-refractivity contribution in [3.63, 3.8) is 0 Å². The van der Waals surface area contributed by atoms with E-state index in [9.17, 15) is 8.42 Å². The van der Waals surface area contributed by atoms with Gasteiger partial charge in [0.15, 0.2) is 0 Å². The van der Waals surface area contributed by atoms with Crippen LogP contribution < -0.4 is 4.74 Å². The minimum Gasteiger partial charge on any atom is -0.424 e. The van der Waals surface area contributed by atoms with Crippen LogP contribution in [-0.4, -0.2) is 23.4 Å². The largest absolute Gasteiger partial charge is 0.424 e. The molecule has 2 aromatic carbocycles. The molecule has 0 unspecified atom stereocenters. The second-order valence-corrected chi connectivity index (χ2v) is 6.26. The summed E-state index contributed by atoms with van der Waals surface area (Å²) in [4.78, 5) is 11.8. The Labute approximate surface area is 127 Å². The topological polar surface area (TPSA) is 82.0 Å². The maximum absolute atomic E-state index is 12.4. The van der Waals surface area contributed by atoms with E-state index in [-0.39, 0.29) is 15.8 Å². The molecule has 0 spiro atoms. The molecule has 0 radical (unpaired) electrons. The molecule has 110 valence electrons. The number of ether oxygens (including phenoxy) is 1. The van der Waals surface area contributed by atoms with E-state index in [0.29, 0.717) is 5.75 Å². The van der Waals surface area contributed by atoms with Crippen molar-refractivity contribution in [3.8, 4) is 11.8 Å². The minimum atomic E-state index is -3.53. The number of rotatable bonds is 4. The Morgan fingerprint density at radius 2 is 1.36 bits per heavy atom. The Hall–Kier alpha value is -2.80. The summed E-state index contributed by atoms with van der Waals surface area (Å²) in [7, 11) is -3.53. The molecular formula is C15H11N3O3S. The quantitative estimate of drug-likeness (QED) is 0.736. The molecule has 0 amide bonds. The molecule has 0 saturated carbocycles. The summed E-state index contributed by atoms with van der Waals surface area (Å²) in [6.45, 7) is 0. The Balaban J connectivity index is 1.86. The standard InChI is InChI=1S/C15H11N3O3S/c19-22(20,13-4-2-1-3-5-13)14-8-6-12(7-9-14)21-15-17-10-16-11-18-15/h1-11H. The molecule has 6 nitrogen and oxygen atoms in total. The maximum atomic E-state index is 12.4. The molecule has 0 N–H and O–H groups in total. The fourth-order valence-corrected chi connectivity index (χ4v) is 3.09. The van der Waals surface area contributed by atoms with E-state index < -0.39 is 9.84 Å².